The molecule has 0 atom stereocenters. The van der Waals surface area contributed by atoms with Crippen molar-refractivity contribution in [2.24, 2.45) is 5.73 Å². The van der Waals surface area contributed by atoms with E-state index in [1.54, 1.807) is 17.7 Å². The lowest BCUT2D eigenvalue weighted by molar-refractivity contribution is -0.386. The molecule has 1 aromatic carbocycles. The minimum Gasteiger partial charge on any atom is -0.479 e. The highest BCUT2D eigenvalue weighted by Crippen LogP contribution is 2.44. The number of fused-ring (bicyclic) bond motifs is 1. The zero-order valence-corrected chi connectivity index (χ0v) is 23.2. The van der Waals surface area contributed by atoms with Crippen molar-refractivity contribution in [1.82, 2.24) is 14.8 Å². The summed E-state index contributed by atoms with van der Waals surface area (Å²) < 4.78 is 54.1. The van der Waals surface area contributed by atoms with Crippen LogP contribution in [0.3, 0.4) is 0 Å². The van der Waals surface area contributed by atoms with Gasteiger partial charge in [0, 0.05) is 29.3 Å². The Morgan fingerprint density at radius 1 is 1.21 bits per heavy atom. The molecule has 5 aromatic rings. The highest BCUT2D eigenvalue weighted by atomic mass is 32.1. The number of nitrogens with zero attached hydrogens (tertiary/aromatic N) is 4. The monoisotopic (exact) mass is 614 g/mol. The van der Waals surface area contributed by atoms with Crippen molar-refractivity contribution in [2.75, 3.05) is 5.32 Å². The van der Waals surface area contributed by atoms with Crippen LogP contribution < -0.4 is 15.8 Å². The number of aryl methyl sites for hydroxylation is 1. The van der Waals surface area contributed by atoms with Crippen LogP contribution in [0.15, 0.2) is 53.1 Å². The fraction of sp³-hybridized carbons (Fsp3) is 0.185. The number of aromatic nitrogens is 3. The number of ether oxygens (including phenoxy) is 1. The molecule has 0 bridgehead atoms. The van der Waals surface area contributed by atoms with Gasteiger partial charge < -0.3 is 20.2 Å². The molecular weight excluding hydrogens is 593 g/mol. The van der Waals surface area contributed by atoms with Gasteiger partial charge in [-0.25, -0.2) is 4.98 Å². The van der Waals surface area contributed by atoms with Crippen LogP contribution in [0, 0.1) is 17.0 Å². The Hall–Kier alpha value is -5.25. The Balaban J connectivity index is 1.52. The van der Waals surface area contributed by atoms with E-state index >= 15 is 0 Å². The lowest BCUT2D eigenvalue weighted by Gasteiger charge is -2.12. The van der Waals surface area contributed by atoms with Crippen molar-refractivity contribution in [2.45, 2.75) is 33.2 Å². The maximum Gasteiger partial charge on any atom is 0.433 e. The van der Waals surface area contributed by atoms with Crippen molar-refractivity contribution >= 4 is 44.7 Å². The maximum atomic E-state index is 13.8. The first kappa shape index (κ1) is 29.2. The van der Waals surface area contributed by atoms with Crippen LogP contribution in [0.25, 0.3) is 21.3 Å². The molecular formula is C27H21F3N6O6S. The van der Waals surface area contributed by atoms with E-state index in [1.807, 2.05) is 6.92 Å². The zero-order chi connectivity index (χ0) is 31.1. The Labute approximate surface area is 244 Å². The number of primary amides is 1. The number of hydrogen-bond donors (Lipinski definition) is 2. The summed E-state index contributed by atoms with van der Waals surface area (Å²) in [5.74, 6) is -1.92. The third kappa shape index (κ3) is 5.63. The highest BCUT2D eigenvalue weighted by Gasteiger charge is 2.35. The number of para-hydroxylation sites is 2. The highest BCUT2D eigenvalue weighted by molar-refractivity contribution is 7.21. The number of amides is 2. The number of carbonyl (C=O) groups excluding carboxylic acids is 2. The number of nitrogens with two attached hydrogens (primary N) is 1. The van der Waals surface area contributed by atoms with Gasteiger partial charge in [-0.1, -0.05) is 12.1 Å². The molecule has 0 saturated heterocycles. The molecule has 0 aliphatic rings. The molecule has 43 heavy (non-hydrogen) atoms. The average molecular weight is 615 g/mol. The van der Waals surface area contributed by atoms with Gasteiger partial charge in [0.05, 0.1) is 16.8 Å². The molecule has 0 fully saturated rings. The molecule has 0 radical (unpaired) electrons. The van der Waals surface area contributed by atoms with Crippen LogP contribution in [0.5, 0.6) is 5.75 Å². The summed E-state index contributed by atoms with van der Waals surface area (Å²) in [6, 6.07) is 9.27. The number of alkyl halides is 3. The molecule has 0 unspecified atom stereocenters. The summed E-state index contributed by atoms with van der Waals surface area (Å²) in [6.45, 7) is 3.70. The van der Waals surface area contributed by atoms with Crippen LogP contribution in [-0.4, -0.2) is 31.5 Å². The Bertz CT molecular complexity index is 1890. The van der Waals surface area contributed by atoms with Crippen molar-refractivity contribution < 1.29 is 36.8 Å². The Morgan fingerprint density at radius 3 is 2.60 bits per heavy atom. The van der Waals surface area contributed by atoms with E-state index in [4.69, 9.17) is 14.9 Å². The maximum absolute atomic E-state index is 13.8. The number of pyridine rings is 1. The number of nitro benzene ring substituents is 1. The van der Waals surface area contributed by atoms with E-state index in [0.29, 0.717) is 29.1 Å². The molecule has 12 nitrogen and oxygen atoms in total. The van der Waals surface area contributed by atoms with E-state index in [1.165, 1.54) is 36.5 Å². The molecule has 0 aliphatic carbocycles. The number of carbonyl (C=O) groups is 2. The van der Waals surface area contributed by atoms with Gasteiger partial charge in [-0.2, -0.15) is 18.3 Å². The van der Waals surface area contributed by atoms with Crippen LogP contribution in [0.1, 0.15) is 44.3 Å². The summed E-state index contributed by atoms with van der Waals surface area (Å²) >= 11 is 0.608. The van der Waals surface area contributed by atoms with E-state index in [2.05, 4.69) is 15.4 Å². The largest absolute Gasteiger partial charge is 0.479 e. The van der Waals surface area contributed by atoms with Crippen LogP contribution >= 0.6 is 11.3 Å². The third-order valence-electron chi connectivity index (χ3n) is 6.43. The quantitative estimate of drug-likeness (QED) is 0.152. The SMILES string of the molecule is CCn1ncc(-c2cc(C(F)(F)F)nc3sc(C(N)=O)c(NC(=O)c4ccc(COc5ccccc5[N+](=O)[O-])o4)c23)c1C. The molecule has 16 heteroatoms. The molecule has 3 N–H and O–H groups in total. The molecule has 4 heterocycles. The Morgan fingerprint density at radius 2 is 1.95 bits per heavy atom. The minimum atomic E-state index is -4.80. The van der Waals surface area contributed by atoms with Gasteiger partial charge in [0.1, 0.15) is 27.8 Å². The van der Waals surface area contributed by atoms with Crippen LogP contribution in [0.2, 0.25) is 0 Å². The number of hydrogen-bond acceptors (Lipinski definition) is 9. The summed E-state index contributed by atoms with van der Waals surface area (Å²) in [6.07, 6.45) is -3.40. The van der Waals surface area contributed by atoms with E-state index in [0.717, 1.165) is 6.07 Å². The number of anilines is 1. The van der Waals surface area contributed by atoms with Crippen LogP contribution in [-0.2, 0) is 19.3 Å². The second-order valence-electron chi connectivity index (χ2n) is 9.10. The third-order valence-corrected chi connectivity index (χ3v) is 7.52. The van der Waals surface area contributed by atoms with Gasteiger partial charge in [0.25, 0.3) is 11.8 Å². The van der Waals surface area contributed by atoms with Crippen molar-refractivity contribution in [3.8, 4) is 16.9 Å². The van der Waals surface area contributed by atoms with Crippen LogP contribution in [0.4, 0.5) is 24.5 Å². The van der Waals surface area contributed by atoms with Crippen molar-refractivity contribution in [3.05, 3.63) is 86.6 Å². The Kier molecular flexibility index (Phi) is 7.62. The summed E-state index contributed by atoms with van der Waals surface area (Å²) in [4.78, 5) is 39.6. The normalized spacial score (nSPS) is 11.6. The zero-order valence-electron chi connectivity index (χ0n) is 22.4. The van der Waals surface area contributed by atoms with Gasteiger partial charge in [0.15, 0.2) is 11.5 Å². The second-order valence-corrected chi connectivity index (χ2v) is 10.1. The van der Waals surface area contributed by atoms with Gasteiger partial charge >= 0.3 is 11.9 Å². The molecule has 0 aliphatic heterocycles. The predicted octanol–water partition coefficient (Wildman–Crippen LogP) is 5.94. The number of nitro groups is 1. The van der Waals surface area contributed by atoms with Gasteiger partial charge in [-0.15, -0.1) is 11.3 Å². The lowest BCUT2D eigenvalue weighted by atomic mass is 10.0. The fourth-order valence-electron chi connectivity index (χ4n) is 4.41. The summed E-state index contributed by atoms with van der Waals surface area (Å²) in [5, 5.41) is 18.1. The van der Waals surface area contributed by atoms with E-state index in [9.17, 15) is 32.9 Å². The molecule has 4 aromatic heterocycles. The second kappa shape index (κ2) is 11.2. The fourth-order valence-corrected chi connectivity index (χ4v) is 5.42. The molecule has 0 spiro atoms. The number of halogens is 3. The smallest absolute Gasteiger partial charge is 0.433 e. The number of rotatable bonds is 9. The lowest BCUT2D eigenvalue weighted by Crippen LogP contribution is -2.16. The van der Waals surface area contributed by atoms with E-state index in [-0.39, 0.29) is 55.9 Å². The average Bonchev–Trinajstić information content (AvgIpc) is 3.68. The minimum absolute atomic E-state index is 0.00862. The van der Waals surface area contributed by atoms with Gasteiger partial charge in [-0.3, -0.25) is 24.4 Å². The first-order valence-corrected chi connectivity index (χ1v) is 13.3. The topological polar surface area (TPSA) is 168 Å². The standard InChI is InChI=1S/C27H21F3N6O6S/c1-3-35-13(2)16(11-32-35)15-10-20(27(28,29)30)33-26-21(15)22(23(43-26)24(31)37)34-25(38)19-9-8-14(42-19)12-41-18-7-5-4-6-17(18)36(39)40/h4-11H,3,12H2,1-2H3,(H2,31,37)(H,34,38). The van der Waals surface area contributed by atoms with Crippen molar-refractivity contribution in [1.29, 1.82) is 0 Å². The molecule has 0 saturated carbocycles. The van der Waals surface area contributed by atoms with Gasteiger partial charge in [0.2, 0.25) is 0 Å². The molecule has 2 amide bonds. The summed E-state index contributed by atoms with van der Waals surface area (Å²) in [7, 11) is 0. The molecule has 222 valence electrons. The number of nitrogens with one attached hydrogen (secondary N) is 1. The first-order chi connectivity index (χ1) is 20.4. The number of thiophene rings is 1. The predicted molar refractivity (Wildman–Crippen MR) is 149 cm³/mol. The van der Waals surface area contributed by atoms with Crippen molar-refractivity contribution in [3.63, 3.8) is 0 Å². The number of furan rings is 1. The molecule has 5 rings (SSSR count). The summed E-state index contributed by atoms with van der Waals surface area (Å²) in [5.41, 5.74) is 4.93. The number of benzene rings is 1. The van der Waals surface area contributed by atoms with E-state index < -0.39 is 28.6 Å². The van der Waals surface area contributed by atoms with Gasteiger partial charge in [-0.05, 0) is 43.7 Å². The first-order valence-electron chi connectivity index (χ1n) is 12.5.